The van der Waals surface area contributed by atoms with Crippen LogP contribution in [0.2, 0.25) is 0 Å². The van der Waals surface area contributed by atoms with Crippen molar-refractivity contribution in [1.82, 2.24) is 19.9 Å². The summed E-state index contributed by atoms with van der Waals surface area (Å²) in [7, 11) is 0. The highest BCUT2D eigenvalue weighted by Gasteiger charge is 2.38. The number of aromatic hydroxyl groups is 1. The lowest BCUT2D eigenvalue weighted by Gasteiger charge is -2.41. The number of piperidine rings is 1. The van der Waals surface area contributed by atoms with Crippen LogP contribution in [-0.4, -0.2) is 50.1 Å². The van der Waals surface area contributed by atoms with Crippen molar-refractivity contribution in [3.63, 3.8) is 0 Å². The normalized spacial score (nSPS) is 23.3. The van der Waals surface area contributed by atoms with E-state index in [0.29, 0.717) is 30.8 Å². The van der Waals surface area contributed by atoms with Gasteiger partial charge in [-0.1, -0.05) is 11.3 Å². The minimum Gasteiger partial charge on any atom is -0.508 e. The summed E-state index contributed by atoms with van der Waals surface area (Å²) in [6.07, 6.45) is 2.54. The average molecular weight is 314 g/mol. The summed E-state index contributed by atoms with van der Waals surface area (Å²) in [6, 6.07) is 5.04. The highest BCUT2D eigenvalue weighted by atomic mass is 16.5. The minimum absolute atomic E-state index is 0.00318. The molecule has 0 unspecified atom stereocenters. The van der Waals surface area contributed by atoms with Crippen molar-refractivity contribution in [2.24, 2.45) is 0 Å². The van der Waals surface area contributed by atoms with Crippen molar-refractivity contribution < 1.29 is 14.6 Å². The number of carbonyl (C=O) groups is 1. The van der Waals surface area contributed by atoms with Crippen molar-refractivity contribution in [2.75, 3.05) is 13.1 Å². The number of amides is 1. The third-order valence-corrected chi connectivity index (χ3v) is 4.75. The molecule has 0 radical (unpaired) electrons. The van der Waals surface area contributed by atoms with E-state index in [9.17, 15) is 9.90 Å². The third kappa shape index (κ3) is 2.28. The van der Waals surface area contributed by atoms with Gasteiger partial charge >= 0.3 is 0 Å². The molecule has 7 heteroatoms. The second-order valence-electron chi connectivity index (χ2n) is 6.08. The molecule has 1 fully saturated rings. The van der Waals surface area contributed by atoms with Crippen molar-refractivity contribution in [2.45, 2.75) is 32.1 Å². The molecule has 0 bridgehead atoms. The highest BCUT2D eigenvalue weighted by Crippen LogP contribution is 2.31. The van der Waals surface area contributed by atoms with Gasteiger partial charge in [-0.3, -0.25) is 4.79 Å². The van der Waals surface area contributed by atoms with Gasteiger partial charge in [0.1, 0.15) is 5.75 Å². The van der Waals surface area contributed by atoms with Gasteiger partial charge in [-0.2, -0.15) is 0 Å². The molecule has 23 heavy (non-hydrogen) atoms. The molecular weight excluding hydrogens is 296 g/mol. The molecule has 4 rings (SSSR count). The molecule has 2 aromatic rings. The molecule has 2 aliphatic rings. The van der Waals surface area contributed by atoms with E-state index in [1.54, 1.807) is 31.3 Å². The van der Waals surface area contributed by atoms with Gasteiger partial charge in [0.25, 0.3) is 5.91 Å². The smallest absolute Gasteiger partial charge is 0.254 e. The van der Waals surface area contributed by atoms with Gasteiger partial charge in [0, 0.05) is 24.2 Å². The Labute approximate surface area is 133 Å². The van der Waals surface area contributed by atoms with Gasteiger partial charge in [0.05, 0.1) is 30.6 Å². The largest absolute Gasteiger partial charge is 0.508 e. The third-order valence-electron chi connectivity index (χ3n) is 4.75. The Kier molecular flexibility index (Phi) is 3.30. The lowest BCUT2D eigenvalue weighted by atomic mass is 9.98. The van der Waals surface area contributed by atoms with Crippen LogP contribution in [0.3, 0.4) is 0 Å². The van der Waals surface area contributed by atoms with Crippen LogP contribution in [0.25, 0.3) is 0 Å². The summed E-state index contributed by atoms with van der Waals surface area (Å²) in [5.74, 6) is 0.0781. The van der Waals surface area contributed by atoms with Crippen molar-refractivity contribution in [3.8, 4) is 5.75 Å². The standard InChI is InChI=1S/C16H18N4O3/c1-10-12(3-2-4-14(10)21)16(22)19-6-5-15-13(8-19)20-11(9-23-15)7-17-18-20/h2-4,7,13,15,21H,5-6,8-9H2,1H3/t13-,15-/m0/s1. The molecule has 2 aliphatic heterocycles. The number of nitrogens with zero attached hydrogens (tertiary/aromatic N) is 4. The maximum atomic E-state index is 12.8. The Morgan fingerprint density at radius 2 is 2.30 bits per heavy atom. The zero-order valence-corrected chi connectivity index (χ0v) is 12.8. The first kappa shape index (κ1) is 14.2. The molecule has 1 aromatic carbocycles. The lowest BCUT2D eigenvalue weighted by Crippen LogP contribution is -2.50. The van der Waals surface area contributed by atoms with Crippen molar-refractivity contribution in [3.05, 3.63) is 41.2 Å². The van der Waals surface area contributed by atoms with Gasteiger partial charge in [0.15, 0.2) is 0 Å². The van der Waals surface area contributed by atoms with Crippen LogP contribution in [0, 0.1) is 6.92 Å². The topological polar surface area (TPSA) is 80.5 Å². The SMILES string of the molecule is Cc1c(O)cccc1C(=O)N1CC[C@@H]2OCc3cnnn3[C@H]2C1. The van der Waals surface area contributed by atoms with Crippen LogP contribution in [-0.2, 0) is 11.3 Å². The van der Waals surface area contributed by atoms with Crippen molar-refractivity contribution in [1.29, 1.82) is 0 Å². The maximum absolute atomic E-state index is 12.8. The minimum atomic E-state index is -0.0657. The lowest BCUT2D eigenvalue weighted by molar-refractivity contribution is -0.0605. The zero-order valence-electron chi connectivity index (χ0n) is 12.8. The predicted octanol–water partition coefficient (Wildman–Crippen LogP) is 1.28. The Hall–Kier alpha value is -2.41. The fourth-order valence-electron chi connectivity index (χ4n) is 3.39. The highest BCUT2D eigenvalue weighted by molar-refractivity contribution is 5.96. The first-order chi connectivity index (χ1) is 11.1. The van der Waals surface area contributed by atoms with Crippen molar-refractivity contribution >= 4 is 5.91 Å². The summed E-state index contributed by atoms with van der Waals surface area (Å²) in [5, 5.41) is 17.9. The van der Waals surface area contributed by atoms with Crippen LogP contribution in [0.4, 0.5) is 0 Å². The molecule has 1 N–H and O–H groups in total. The number of carbonyl (C=O) groups excluding carboxylic acids is 1. The number of phenolic OH excluding ortho intramolecular Hbond substituents is 1. The Bertz CT molecular complexity index is 758. The summed E-state index contributed by atoms with van der Waals surface area (Å²) >= 11 is 0. The van der Waals surface area contributed by atoms with E-state index in [1.807, 2.05) is 9.58 Å². The van der Waals surface area contributed by atoms with Crippen LogP contribution in [0.15, 0.2) is 24.4 Å². The molecular formula is C16H18N4O3. The monoisotopic (exact) mass is 314 g/mol. The first-order valence-electron chi connectivity index (χ1n) is 7.73. The van der Waals surface area contributed by atoms with Crippen LogP contribution >= 0.6 is 0 Å². The number of hydrogen-bond acceptors (Lipinski definition) is 5. The fraction of sp³-hybridized carbons (Fsp3) is 0.438. The number of fused-ring (bicyclic) bond motifs is 3. The molecule has 7 nitrogen and oxygen atoms in total. The number of rotatable bonds is 1. The van der Waals surface area contributed by atoms with E-state index in [4.69, 9.17) is 4.74 Å². The molecule has 0 aliphatic carbocycles. The van der Waals surface area contributed by atoms with E-state index in [2.05, 4.69) is 10.3 Å². The van der Waals surface area contributed by atoms with Gasteiger partial charge < -0.3 is 14.7 Å². The summed E-state index contributed by atoms with van der Waals surface area (Å²) in [5.41, 5.74) is 2.09. The molecule has 0 spiro atoms. The van der Waals surface area contributed by atoms with E-state index in [-0.39, 0.29) is 23.8 Å². The van der Waals surface area contributed by atoms with E-state index < -0.39 is 0 Å². The Morgan fingerprint density at radius 3 is 3.17 bits per heavy atom. The maximum Gasteiger partial charge on any atom is 0.254 e. The van der Waals surface area contributed by atoms with Crippen LogP contribution in [0.5, 0.6) is 5.75 Å². The second kappa shape index (κ2) is 5.34. The quantitative estimate of drug-likeness (QED) is 0.857. The van der Waals surface area contributed by atoms with E-state index in [1.165, 1.54) is 0 Å². The van der Waals surface area contributed by atoms with Gasteiger partial charge in [0.2, 0.25) is 0 Å². The predicted molar refractivity (Wildman–Crippen MR) is 81.0 cm³/mol. The molecule has 1 aromatic heterocycles. The number of ether oxygens (including phenoxy) is 1. The molecule has 1 saturated heterocycles. The fourth-order valence-corrected chi connectivity index (χ4v) is 3.39. The van der Waals surface area contributed by atoms with E-state index in [0.717, 1.165) is 12.1 Å². The zero-order chi connectivity index (χ0) is 16.0. The molecule has 2 atom stereocenters. The number of benzene rings is 1. The van der Waals surface area contributed by atoms with Gasteiger partial charge in [-0.15, -0.1) is 5.10 Å². The number of aromatic nitrogens is 3. The number of likely N-dealkylation sites (tertiary alicyclic amines) is 1. The van der Waals surface area contributed by atoms with Gasteiger partial charge in [-0.05, 0) is 25.5 Å². The Balaban J connectivity index is 1.60. The molecule has 120 valence electrons. The number of hydrogen-bond donors (Lipinski definition) is 1. The average Bonchev–Trinajstić information content (AvgIpc) is 3.05. The van der Waals surface area contributed by atoms with Crippen LogP contribution < -0.4 is 0 Å². The Morgan fingerprint density at radius 1 is 1.43 bits per heavy atom. The first-order valence-corrected chi connectivity index (χ1v) is 7.73. The number of phenols is 1. The summed E-state index contributed by atoms with van der Waals surface area (Å²) < 4.78 is 7.74. The summed E-state index contributed by atoms with van der Waals surface area (Å²) in [4.78, 5) is 14.6. The van der Waals surface area contributed by atoms with Gasteiger partial charge in [-0.25, -0.2) is 4.68 Å². The second-order valence-corrected chi connectivity index (χ2v) is 6.08. The van der Waals surface area contributed by atoms with E-state index >= 15 is 0 Å². The summed E-state index contributed by atoms with van der Waals surface area (Å²) in [6.45, 7) is 3.45. The molecule has 1 amide bonds. The molecule has 0 saturated carbocycles. The molecule has 3 heterocycles. The van der Waals surface area contributed by atoms with Crippen LogP contribution in [0.1, 0.15) is 34.1 Å².